The van der Waals surface area contributed by atoms with Crippen LogP contribution < -0.4 is 17.3 Å². The second-order valence-electron chi connectivity index (χ2n) is 2.85. The van der Waals surface area contributed by atoms with Crippen molar-refractivity contribution in [3.8, 4) is 0 Å². The summed E-state index contributed by atoms with van der Waals surface area (Å²) in [5.41, 5.74) is 12.3. The van der Waals surface area contributed by atoms with Gasteiger partial charge in [0, 0.05) is 0 Å². The molecule has 0 saturated heterocycles. The Morgan fingerprint density at radius 3 is 2.58 bits per heavy atom. The lowest BCUT2D eigenvalue weighted by Crippen LogP contribution is -2.43. The molecule has 1 atom stereocenters. The van der Waals surface area contributed by atoms with Crippen molar-refractivity contribution in [3.05, 3.63) is 35.7 Å². The third-order valence-corrected chi connectivity index (χ3v) is 1.76. The molecule has 2 aliphatic heterocycles. The van der Waals surface area contributed by atoms with Crippen molar-refractivity contribution in [2.75, 3.05) is 0 Å². The number of hydrogen-bond donors (Lipinski definition) is 3. The van der Waals surface area contributed by atoms with Gasteiger partial charge in [0.25, 0.3) is 5.82 Å². The molecule has 2 heterocycles. The van der Waals surface area contributed by atoms with E-state index in [1.807, 2.05) is 0 Å². The zero-order valence-electron chi connectivity index (χ0n) is 6.44. The average molecular weight is 164 g/mol. The summed E-state index contributed by atoms with van der Waals surface area (Å²) in [5.74, 6) is 6.57. The molecule has 0 radical (unpaired) electrons. The minimum absolute atomic E-state index is 0.0197. The molecule has 0 fully saturated rings. The number of quaternary nitrogens is 1. The summed E-state index contributed by atoms with van der Waals surface area (Å²) < 4.78 is -0.0197. The van der Waals surface area contributed by atoms with E-state index < -0.39 is 0 Å². The van der Waals surface area contributed by atoms with Gasteiger partial charge in [0.05, 0.1) is 18.0 Å². The van der Waals surface area contributed by atoms with Crippen molar-refractivity contribution >= 4 is 6.21 Å². The summed E-state index contributed by atoms with van der Waals surface area (Å²) in [7, 11) is 0. The van der Waals surface area contributed by atoms with Crippen LogP contribution in [0.15, 0.2) is 40.7 Å². The van der Waals surface area contributed by atoms with Gasteiger partial charge in [0.15, 0.2) is 6.20 Å². The van der Waals surface area contributed by atoms with Crippen LogP contribution in [0.4, 0.5) is 0 Å². The Labute approximate surface area is 69.7 Å². The van der Waals surface area contributed by atoms with Gasteiger partial charge in [-0.2, -0.15) is 5.84 Å². The monoisotopic (exact) mass is 164 g/mol. The lowest BCUT2D eigenvalue weighted by molar-refractivity contribution is -0.799. The van der Waals surface area contributed by atoms with Crippen LogP contribution >= 0.6 is 0 Å². The first-order valence-electron chi connectivity index (χ1n) is 3.50. The van der Waals surface area contributed by atoms with Gasteiger partial charge in [-0.15, -0.1) is 4.59 Å². The maximum atomic E-state index is 5.89. The topological polar surface area (TPSA) is 90.4 Å². The van der Waals surface area contributed by atoms with E-state index in [2.05, 4.69) is 4.99 Å². The van der Waals surface area contributed by atoms with Crippen molar-refractivity contribution in [2.24, 2.45) is 22.3 Å². The van der Waals surface area contributed by atoms with Gasteiger partial charge in [-0.1, -0.05) is 0 Å². The van der Waals surface area contributed by atoms with Crippen LogP contribution in [0.1, 0.15) is 0 Å². The van der Waals surface area contributed by atoms with Crippen molar-refractivity contribution in [1.29, 1.82) is 0 Å². The fraction of sp³-hybridized carbons (Fsp3) is 0. The van der Waals surface area contributed by atoms with E-state index in [1.54, 1.807) is 24.7 Å². The predicted octanol–water partition coefficient (Wildman–Crippen LogP) is -0.783. The van der Waals surface area contributed by atoms with Crippen LogP contribution in [-0.2, 0) is 0 Å². The summed E-state index contributed by atoms with van der Waals surface area (Å²) in [6.45, 7) is 0. The summed E-state index contributed by atoms with van der Waals surface area (Å²) in [6.07, 6.45) is 6.64. The van der Waals surface area contributed by atoms with E-state index in [0.717, 1.165) is 0 Å². The maximum absolute atomic E-state index is 5.89. The van der Waals surface area contributed by atoms with Crippen molar-refractivity contribution < 1.29 is 4.59 Å². The van der Waals surface area contributed by atoms with Gasteiger partial charge in [-0.3, -0.25) is 0 Å². The quantitative estimate of drug-likeness (QED) is 0.324. The van der Waals surface area contributed by atoms with E-state index >= 15 is 0 Å². The molecular weight excluding hydrogens is 154 g/mol. The molecule has 6 N–H and O–H groups in total. The lowest BCUT2D eigenvalue weighted by atomic mass is 10.4. The number of aliphatic imine (C=N–C) groups is 1. The first-order valence-corrected chi connectivity index (χ1v) is 3.50. The third-order valence-electron chi connectivity index (χ3n) is 1.76. The van der Waals surface area contributed by atoms with Crippen LogP contribution in [0.5, 0.6) is 0 Å². The lowest BCUT2D eigenvalue weighted by Gasteiger charge is -2.22. The Morgan fingerprint density at radius 1 is 1.17 bits per heavy atom. The summed E-state index contributed by atoms with van der Waals surface area (Å²) in [5, 5.41) is 0. The van der Waals surface area contributed by atoms with E-state index in [0.29, 0.717) is 17.2 Å². The Kier molecular flexibility index (Phi) is 1.16. The molecular formula is C7H10N5+. The van der Waals surface area contributed by atoms with Crippen molar-refractivity contribution in [1.82, 2.24) is 0 Å². The second kappa shape index (κ2) is 1.96. The molecule has 5 nitrogen and oxygen atoms in total. The van der Waals surface area contributed by atoms with Crippen LogP contribution in [0.2, 0.25) is 0 Å². The van der Waals surface area contributed by atoms with Crippen LogP contribution in [0.25, 0.3) is 0 Å². The van der Waals surface area contributed by atoms with E-state index in [4.69, 9.17) is 17.3 Å². The highest BCUT2D eigenvalue weighted by Gasteiger charge is 2.33. The number of fused-ring (bicyclic) bond motifs is 1. The fourth-order valence-electron chi connectivity index (χ4n) is 1.27. The third kappa shape index (κ3) is 0.843. The zero-order valence-corrected chi connectivity index (χ0v) is 6.44. The van der Waals surface area contributed by atoms with Gasteiger partial charge in [0.1, 0.15) is 11.9 Å². The predicted molar refractivity (Wildman–Crippen MR) is 45.6 cm³/mol. The van der Waals surface area contributed by atoms with Gasteiger partial charge in [-0.05, 0) is 0 Å². The van der Waals surface area contributed by atoms with E-state index in [1.165, 1.54) is 0 Å². The summed E-state index contributed by atoms with van der Waals surface area (Å²) >= 11 is 0. The Bertz CT molecular complexity index is 349. The Morgan fingerprint density at radius 2 is 1.83 bits per heavy atom. The number of hydrogen-bond acceptors (Lipinski definition) is 4. The highest BCUT2D eigenvalue weighted by Crippen LogP contribution is 2.25. The van der Waals surface area contributed by atoms with Crippen molar-refractivity contribution in [3.63, 3.8) is 0 Å². The molecule has 0 aromatic rings. The molecule has 1 unspecified atom stereocenters. The van der Waals surface area contributed by atoms with Crippen LogP contribution in [-0.4, -0.2) is 10.8 Å². The second-order valence-corrected chi connectivity index (χ2v) is 2.85. The summed E-state index contributed by atoms with van der Waals surface area (Å²) in [6, 6.07) is 0. The Balaban J connectivity index is 2.52. The molecule has 0 aliphatic carbocycles. The number of nitrogens with zero attached hydrogens (tertiary/aromatic N) is 2. The molecule has 12 heavy (non-hydrogen) atoms. The average Bonchev–Trinajstić information content (AvgIpc) is 2.22. The highest BCUT2D eigenvalue weighted by molar-refractivity contribution is 5.78. The number of rotatable bonds is 0. The molecule has 2 aliphatic rings. The van der Waals surface area contributed by atoms with Crippen LogP contribution in [0.3, 0.4) is 0 Å². The molecule has 0 saturated carbocycles. The Hall–Kier alpha value is -1.59. The molecule has 2 rings (SSSR count). The smallest absolute Gasteiger partial charge is 0.258 e. The largest absolute Gasteiger partial charge is 0.394 e. The molecule has 0 amide bonds. The van der Waals surface area contributed by atoms with E-state index in [-0.39, 0.29) is 4.59 Å². The zero-order chi connectivity index (χ0) is 8.77. The van der Waals surface area contributed by atoms with Gasteiger partial charge < -0.3 is 11.5 Å². The van der Waals surface area contributed by atoms with Gasteiger partial charge >= 0.3 is 0 Å². The minimum atomic E-state index is -0.0197. The SMILES string of the molecule is NC1=C[N+]2(N)C=C(N)C=C2N=C1. The molecule has 0 aromatic carbocycles. The summed E-state index contributed by atoms with van der Waals surface area (Å²) in [4.78, 5) is 4.05. The maximum Gasteiger partial charge on any atom is 0.258 e. The minimum Gasteiger partial charge on any atom is -0.394 e. The van der Waals surface area contributed by atoms with Gasteiger partial charge in [-0.25, -0.2) is 4.99 Å². The normalized spacial score (nSPS) is 32.2. The molecule has 5 heteroatoms. The van der Waals surface area contributed by atoms with Crippen LogP contribution in [0, 0.1) is 0 Å². The molecule has 62 valence electrons. The molecule has 0 spiro atoms. The number of allylic oxidation sites excluding steroid dienone is 2. The first kappa shape index (κ1) is 7.08. The molecule has 0 bridgehead atoms. The first-order chi connectivity index (χ1) is 5.60. The highest BCUT2D eigenvalue weighted by atomic mass is 15.6. The van der Waals surface area contributed by atoms with Gasteiger partial charge in [0.2, 0.25) is 0 Å². The van der Waals surface area contributed by atoms with E-state index in [9.17, 15) is 0 Å². The fourth-order valence-corrected chi connectivity index (χ4v) is 1.27. The molecule has 0 aromatic heterocycles. The standard InChI is InChI=1S/C7H10N5/c8-5-1-7-11-2-6(9)4-12(7,10)3-5/h1-4H,8-10H2/q+1. The number of nitrogens with two attached hydrogens (primary N) is 3. The van der Waals surface area contributed by atoms with Crippen molar-refractivity contribution in [2.45, 2.75) is 0 Å².